The van der Waals surface area contributed by atoms with E-state index in [1.54, 1.807) is 0 Å². The van der Waals surface area contributed by atoms with E-state index < -0.39 is 0 Å². The molecule has 1 N–H and O–H groups in total. The van der Waals surface area contributed by atoms with Crippen molar-refractivity contribution in [3.8, 4) is 11.5 Å². The van der Waals surface area contributed by atoms with Crippen LogP contribution in [-0.2, 0) is 5.75 Å². The summed E-state index contributed by atoms with van der Waals surface area (Å²) >= 11 is 1.83. The molecule has 0 aliphatic heterocycles. The highest BCUT2D eigenvalue weighted by atomic mass is 32.2. The number of nitrogens with one attached hydrogen (secondary N) is 1. The predicted octanol–water partition coefficient (Wildman–Crippen LogP) is 3.67. The summed E-state index contributed by atoms with van der Waals surface area (Å²) in [5, 5.41) is 7.16. The Morgan fingerprint density at radius 2 is 2.11 bits per heavy atom. The average Bonchev–Trinajstić information content (AvgIpc) is 2.87. The number of hydrogen-bond donors (Lipinski definition) is 1. The Bertz CT molecular complexity index is 525. The van der Waals surface area contributed by atoms with E-state index in [9.17, 15) is 0 Å². The molecule has 1 aromatic carbocycles. The van der Waals surface area contributed by atoms with Crippen LogP contribution in [-0.4, -0.2) is 22.9 Å². The molecule has 0 amide bonds. The van der Waals surface area contributed by atoms with E-state index >= 15 is 0 Å². The highest BCUT2D eigenvalue weighted by molar-refractivity contribution is 7.98. The molecule has 0 bridgehead atoms. The fraction of sp³-hybridized carbons (Fsp3) is 0.429. The van der Waals surface area contributed by atoms with Crippen LogP contribution in [0.4, 0.5) is 5.69 Å². The summed E-state index contributed by atoms with van der Waals surface area (Å²) in [4.78, 5) is 4.45. The molecule has 0 saturated carbocycles. The second-order valence-corrected chi connectivity index (χ2v) is 5.75. The van der Waals surface area contributed by atoms with Gasteiger partial charge in [0.1, 0.15) is 0 Å². The molecule has 0 fully saturated rings. The maximum absolute atomic E-state index is 5.34. The fourth-order valence-corrected chi connectivity index (χ4v) is 2.58. The summed E-state index contributed by atoms with van der Waals surface area (Å²) in [6, 6.07) is 7.91. The summed E-state index contributed by atoms with van der Waals surface area (Å²) in [6.45, 7) is 4.41. The van der Waals surface area contributed by atoms with Gasteiger partial charge < -0.3 is 9.84 Å². The summed E-state index contributed by atoms with van der Waals surface area (Å²) in [5.41, 5.74) is 1.94. The van der Waals surface area contributed by atoms with Crippen LogP contribution in [0.25, 0.3) is 11.5 Å². The van der Waals surface area contributed by atoms with Crippen molar-refractivity contribution in [1.82, 2.24) is 10.1 Å². The van der Waals surface area contributed by atoms with Gasteiger partial charge in [-0.25, -0.2) is 0 Å². The quantitative estimate of drug-likeness (QED) is 0.873. The summed E-state index contributed by atoms with van der Waals surface area (Å²) in [5.74, 6) is 3.92. The number of nitrogens with zero attached hydrogens (tertiary/aromatic N) is 2. The van der Waals surface area contributed by atoms with Crippen molar-refractivity contribution in [2.75, 3.05) is 18.1 Å². The average molecular weight is 277 g/mol. The summed E-state index contributed by atoms with van der Waals surface area (Å²) < 4.78 is 5.34. The second-order valence-electron chi connectivity index (χ2n) is 4.72. The van der Waals surface area contributed by atoms with Crippen molar-refractivity contribution in [3.05, 3.63) is 30.1 Å². The fourth-order valence-electron chi connectivity index (χ4n) is 1.70. The highest BCUT2D eigenvalue weighted by Crippen LogP contribution is 2.26. The molecule has 0 saturated heterocycles. The first-order valence-electron chi connectivity index (χ1n) is 6.38. The third kappa shape index (κ3) is 3.73. The maximum Gasteiger partial charge on any atom is 0.260 e. The van der Waals surface area contributed by atoms with E-state index in [4.69, 9.17) is 4.52 Å². The van der Waals surface area contributed by atoms with E-state index in [0.717, 1.165) is 28.6 Å². The van der Waals surface area contributed by atoms with Gasteiger partial charge in [0.25, 0.3) is 5.89 Å². The van der Waals surface area contributed by atoms with Crippen LogP contribution in [0.15, 0.2) is 28.8 Å². The highest BCUT2D eigenvalue weighted by Gasteiger charge is 2.12. The zero-order valence-electron chi connectivity index (χ0n) is 11.5. The van der Waals surface area contributed by atoms with Crippen LogP contribution in [0.3, 0.4) is 0 Å². The molecule has 19 heavy (non-hydrogen) atoms. The maximum atomic E-state index is 5.34. The van der Waals surface area contributed by atoms with Crippen molar-refractivity contribution in [2.24, 2.45) is 5.92 Å². The lowest BCUT2D eigenvalue weighted by Gasteiger charge is -2.03. The van der Waals surface area contributed by atoms with E-state index in [0.29, 0.717) is 11.8 Å². The van der Waals surface area contributed by atoms with Gasteiger partial charge in [-0.1, -0.05) is 31.1 Å². The molecular weight excluding hydrogens is 258 g/mol. The Labute approximate surface area is 118 Å². The van der Waals surface area contributed by atoms with Crippen LogP contribution >= 0.6 is 11.8 Å². The first-order chi connectivity index (χ1) is 9.20. The van der Waals surface area contributed by atoms with E-state index in [1.807, 2.05) is 43.1 Å². The van der Waals surface area contributed by atoms with Gasteiger partial charge in [0.2, 0.25) is 0 Å². The van der Waals surface area contributed by atoms with Crippen LogP contribution in [0.2, 0.25) is 0 Å². The molecule has 1 heterocycles. The number of hydrogen-bond acceptors (Lipinski definition) is 5. The smallest absolute Gasteiger partial charge is 0.260 e. The topological polar surface area (TPSA) is 51.0 Å². The lowest BCUT2D eigenvalue weighted by Crippen LogP contribution is -1.93. The van der Waals surface area contributed by atoms with Gasteiger partial charge in [0, 0.05) is 12.7 Å². The summed E-state index contributed by atoms with van der Waals surface area (Å²) in [7, 11) is 1.88. The summed E-state index contributed by atoms with van der Waals surface area (Å²) in [6.07, 6.45) is 0. The Kier molecular flexibility index (Phi) is 4.85. The Morgan fingerprint density at radius 1 is 1.32 bits per heavy atom. The van der Waals surface area contributed by atoms with E-state index in [2.05, 4.69) is 29.3 Å². The number of para-hydroxylation sites is 1. The Hall–Kier alpha value is -1.49. The second kappa shape index (κ2) is 6.61. The van der Waals surface area contributed by atoms with Crippen molar-refractivity contribution < 1.29 is 4.52 Å². The minimum atomic E-state index is 0.574. The number of anilines is 1. The molecule has 0 spiro atoms. The molecule has 4 nitrogen and oxygen atoms in total. The lowest BCUT2D eigenvalue weighted by molar-refractivity contribution is 0.425. The van der Waals surface area contributed by atoms with Crippen molar-refractivity contribution in [3.63, 3.8) is 0 Å². The molecule has 0 unspecified atom stereocenters. The monoisotopic (exact) mass is 277 g/mol. The number of rotatable bonds is 6. The van der Waals surface area contributed by atoms with Crippen LogP contribution in [0, 0.1) is 5.92 Å². The van der Waals surface area contributed by atoms with Crippen LogP contribution in [0.1, 0.15) is 19.7 Å². The molecule has 102 valence electrons. The van der Waals surface area contributed by atoms with Gasteiger partial charge >= 0.3 is 0 Å². The lowest BCUT2D eigenvalue weighted by atomic mass is 10.2. The SMILES string of the molecule is CNc1ccccc1-c1nc(CSCC(C)C)no1. The van der Waals surface area contributed by atoms with Crippen molar-refractivity contribution in [2.45, 2.75) is 19.6 Å². The minimum absolute atomic E-state index is 0.574. The van der Waals surface area contributed by atoms with Crippen molar-refractivity contribution >= 4 is 17.4 Å². The van der Waals surface area contributed by atoms with Gasteiger partial charge in [-0.05, 0) is 23.8 Å². The Morgan fingerprint density at radius 3 is 2.84 bits per heavy atom. The van der Waals surface area contributed by atoms with Crippen molar-refractivity contribution in [1.29, 1.82) is 0 Å². The number of benzene rings is 1. The third-order valence-electron chi connectivity index (χ3n) is 2.58. The van der Waals surface area contributed by atoms with Crippen LogP contribution < -0.4 is 5.32 Å². The normalized spacial score (nSPS) is 10.9. The largest absolute Gasteiger partial charge is 0.387 e. The standard InChI is InChI=1S/C14H19N3OS/c1-10(2)8-19-9-13-16-14(18-17-13)11-6-4-5-7-12(11)15-3/h4-7,10,15H,8-9H2,1-3H3. The molecule has 0 atom stereocenters. The molecule has 5 heteroatoms. The van der Waals surface area contributed by atoms with Gasteiger partial charge in [-0.15, -0.1) is 0 Å². The first kappa shape index (κ1) is 13.9. The van der Waals surface area contributed by atoms with Gasteiger partial charge in [0.15, 0.2) is 5.82 Å². The molecular formula is C14H19N3OS. The van der Waals surface area contributed by atoms with Crippen LogP contribution in [0.5, 0.6) is 0 Å². The molecule has 2 aromatic rings. The van der Waals surface area contributed by atoms with Gasteiger partial charge in [0.05, 0.1) is 11.3 Å². The third-order valence-corrected chi connectivity index (χ3v) is 3.94. The van der Waals surface area contributed by atoms with E-state index in [1.165, 1.54) is 0 Å². The van der Waals surface area contributed by atoms with Gasteiger partial charge in [-0.3, -0.25) is 0 Å². The molecule has 1 aromatic heterocycles. The molecule has 0 radical (unpaired) electrons. The van der Waals surface area contributed by atoms with E-state index in [-0.39, 0.29) is 0 Å². The minimum Gasteiger partial charge on any atom is -0.387 e. The molecule has 0 aliphatic carbocycles. The molecule has 2 rings (SSSR count). The Balaban J connectivity index is 2.08. The zero-order valence-corrected chi connectivity index (χ0v) is 12.3. The number of aromatic nitrogens is 2. The zero-order chi connectivity index (χ0) is 13.7. The molecule has 0 aliphatic rings. The van der Waals surface area contributed by atoms with Gasteiger partial charge in [-0.2, -0.15) is 16.7 Å². The predicted molar refractivity (Wildman–Crippen MR) is 80.3 cm³/mol. The number of thioether (sulfide) groups is 1. The first-order valence-corrected chi connectivity index (χ1v) is 7.53.